The molecule has 2 aromatic carbocycles. The smallest absolute Gasteiger partial charge is 0.269 e. The summed E-state index contributed by atoms with van der Waals surface area (Å²) in [6.07, 6.45) is 8.60. The van der Waals surface area contributed by atoms with Crippen LogP contribution in [0.25, 0.3) is 0 Å². The number of hydrogen-bond acceptors (Lipinski definition) is 6. The summed E-state index contributed by atoms with van der Waals surface area (Å²) in [5.41, 5.74) is 3.40. The molecule has 2 aromatic rings. The summed E-state index contributed by atoms with van der Waals surface area (Å²) in [7, 11) is 3.69. The molecule has 0 atom stereocenters. The molecule has 1 amide bonds. The normalized spacial score (nSPS) is 21.8. The number of aliphatic imine (C=N–C) groups is 1. The van der Waals surface area contributed by atoms with E-state index in [9.17, 15) is 4.79 Å². The minimum atomic E-state index is 0.0511. The maximum absolute atomic E-state index is 13.6. The molecule has 0 unspecified atom stereocenters. The van der Waals surface area contributed by atoms with Gasteiger partial charge in [-0.25, -0.2) is 4.99 Å². The summed E-state index contributed by atoms with van der Waals surface area (Å²) in [6, 6.07) is 14.7. The number of methoxy groups -OCH3 is 1. The van der Waals surface area contributed by atoms with Crippen molar-refractivity contribution in [3.05, 3.63) is 58.0 Å². The van der Waals surface area contributed by atoms with Gasteiger partial charge in [-0.1, -0.05) is 56.5 Å². The molecule has 1 saturated carbocycles. The first kappa shape index (κ1) is 24.3. The molecule has 0 bridgehead atoms. The molecule has 2 aliphatic heterocycles. The molecule has 2 heterocycles. The third-order valence-corrected chi connectivity index (χ3v) is 9.46. The van der Waals surface area contributed by atoms with E-state index in [1.807, 2.05) is 24.1 Å². The number of carbonyl (C=O) groups excluding carboxylic acids is 1. The number of thioether (sulfide) groups is 2. The van der Waals surface area contributed by atoms with Gasteiger partial charge in [0.25, 0.3) is 5.91 Å². The first-order valence-corrected chi connectivity index (χ1v) is 14.2. The maximum atomic E-state index is 13.6. The topological polar surface area (TPSA) is 45.1 Å². The van der Waals surface area contributed by atoms with Crippen LogP contribution in [0.15, 0.2) is 62.3 Å². The van der Waals surface area contributed by atoms with E-state index in [2.05, 4.69) is 42.2 Å². The molecule has 2 fully saturated rings. The summed E-state index contributed by atoms with van der Waals surface area (Å²) >= 11 is 3.14. The van der Waals surface area contributed by atoms with Crippen LogP contribution in [0.5, 0.6) is 5.75 Å². The van der Waals surface area contributed by atoms with Crippen molar-refractivity contribution < 1.29 is 9.53 Å². The van der Waals surface area contributed by atoms with Gasteiger partial charge in [-0.3, -0.25) is 9.69 Å². The molecule has 184 valence electrons. The van der Waals surface area contributed by atoms with Crippen molar-refractivity contribution in [1.29, 1.82) is 0 Å². The number of anilines is 1. The van der Waals surface area contributed by atoms with E-state index < -0.39 is 0 Å². The maximum Gasteiger partial charge on any atom is 0.269 e. The van der Waals surface area contributed by atoms with E-state index in [4.69, 9.17) is 9.73 Å². The van der Waals surface area contributed by atoms with Crippen LogP contribution >= 0.6 is 23.5 Å². The predicted molar refractivity (Wildman–Crippen MR) is 148 cm³/mol. The zero-order valence-corrected chi connectivity index (χ0v) is 22.4. The van der Waals surface area contributed by atoms with Gasteiger partial charge >= 0.3 is 0 Å². The number of ether oxygens (including phenoxy) is 1. The standard InChI is InChI=1S/C28H33N3O2S2/c1-4-5-17-31-26(32)25(27-30(2)23-18-22(33-3)15-16-24(23)34-27)35-28(31)29-21-13-11-20(12-14-21)19-9-7-6-8-10-19/h11-16,18-19H,4-10,17H2,1-3H3/b27-25-,29-28?. The van der Waals surface area contributed by atoms with Crippen molar-refractivity contribution in [3.63, 3.8) is 0 Å². The Hall–Kier alpha value is -2.38. The second kappa shape index (κ2) is 10.7. The van der Waals surface area contributed by atoms with Crippen LogP contribution in [0.3, 0.4) is 0 Å². The zero-order valence-electron chi connectivity index (χ0n) is 20.8. The van der Waals surface area contributed by atoms with E-state index in [-0.39, 0.29) is 5.91 Å². The Morgan fingerprint density at radius 1 is 1.06 bits per heavy atom. The zero-order chi connectivity index (χ0) is 24.4. The first-order valence-electron chi connectivity index (χ1n) is 12.6. The van der Waals surface area contributed by atoms with Gasteiger partial charge in [0.15, 0.2) is 5.17 Å². The lowest BCUT2D eigenvalue weighted by Crippen LogP contribution is -2.30. The van der Waals surface area contributed by atoms with Crippen LogP contribution in [0.1, 0.15) is 63.4 Å². The first-order chi connectivity index (χ1) is 17.1. The van der Waals surface area contributed by atoms with E-state index in [0.29, 0.717) is 12.5 Å². The summed E-state index contributed by atoms with van der Waals surface area (Å²) in [5, 5.41) is 1.74. The van der Waals surface area contributed by atoms with Crippen LogP contribution in [-0.2, 0) is 4.79 Å². The quantitative estimate of drug-likeness (QED) is 0.378. The van der Waals surface area contributed by atoms with Crippen molar-refractivity contribution >= 4 is 46.0 Å². The third kappa shape index (κ3) is 4.98. The van der Waals surface area contributed by atoms with Crippen molar-refractivity contribution in [2.45, 2.75) is 62.7 Å². The summed E-state index contributed by atoms with van der Waals surface area (Å²) in [4.78, 5) is 24.4. The van der Waals surface area contributed by atoms with Gasteiger partial charge in [0.2, 0.25) is 0 Å². The van der Waals surface area contributed by atoms with Crippen molar-refractivity contribution in [3.8, 4) is 5.75 Å². The number of carbonyl (C=O) groups is 1. The highest BCUT2D eigenvalue weighted by atomic mass is 32.2. The summed E-state index contributed by atoms with van der Waals surface area (Å²) in [5.74, 6) is 1.55. The van der Waals surface area contributed by atoms with Gasteiger partial charge < -0.3 is 9.64 Å². The van der Waals surface area contributed by atoms with Gasteiger partial charge in [-0.15, -0.1) is 0 Å². The van der Waals surface area contributed by atoms with Gasteiger partial charge in [-0.2, -0.15) is 0 Å². The molecule has 5 nitrogen and oxygen atoms in total. The number of benzene rings is 2. The fourth-order valence-electron chi connectivity index (χ4n) is 4.95. The Morgan fingerprint density at radius 3 is 2.54 bits per heavy atom. The molecular weight excluding hydrogens is 474 g/mol. The lowest BCUT2D eigenvalue weighted by atomic mass is 9.84. The molecule has 35 heavy (non-hydrogen) atoms. The van der Waals surface area contributed by atoms with Gasteiger partial charge in [-0.05, 0) is 66.8 Å². The molecule has 0 radical (unpaired) electrons. The minimum absolute atomic E-state index is 0.0511. The Labute approximate surface area is 217 Å². The fourth-order valence-corrected chi connectivity index (χ4v) is 7.30. The van der Waals surface area contributed by atoms with Gasteiger partial charge in [0, 0.05) is 24.6 Å². The molecular formula is C28H33N3O2S2. The number of fused-ring (bicyclic) bond motifs is 1. The molecule has 0 spiro atoms. The SMILES string of the molecule is CCCCN1C(=O)/C(=C2/Sc3ccc(OC)cc3N2C)SC1=Nc1ccc(C2CCCCC2)cc1. The molecule has 1 saturated heterocycles. The van der Waals surface area contributed by atoms with Gasteiger partial charge in [0.05, 0.1) is 23.5 Å². The van der Waals surface area contributed by atoms with Crippen molar-refractivity contribution in [2.24, 2.45) is 4.99 Å². The Kier molecular flexibility index (Phi) is 7.44. The lowest BCUT2D eigenvalue weighted by molar-refractivity contribution is -0.122. The fraction of sp³-hybridized carbons (Fsp3) is 0.429. The number of rotatable bonds is 6. The number of hydrogen-bond donors (Lipinski definition) is 0. The molecule has 0 aromatic heterocycles. The number of nitrogens with zero attached hydrogens (tertiary/aromatic N) is 3. The lowest BCUT2D eigenvalue weighted by Gasteiger charge is -2.22. The Balaban J connectivity index is 1.43. The second-order valence-corrected chi connectivity index (χ2v) is 11.4. The largest absolute Gasteiger partial charge is 0.497 e. The van der Waals surface area contributed by atoms with E-state index in [1.165, 1.54) is 49.4 Å². The van der Waals surface area contributed by atoms with Crippen molar-refractivity contribution in [1.82, 2.24) is 4.90 Å². The molecule has 7 heteroatoms. The summed E-state index contributed by atoms with van der Waals surface area (Å²) < 4.78 is 5.41. The third-order valence-electron chi connectivity index (χ3n) is 7.03. The number of unbranched alkanes of at least 4 members (excludes halogenated alkanes) is 1. The minimum Gasteiger partial charge on any atom is -0.497 e. The van der Waals surface area contributed by atoms with Crippen LogP contribution in [0, 0.1) is 0 Å². The molecule has 0 N–H and O–H groups in total. The van der Waals surface area contributed by atoms with E-state index in [0.717, 1.165) is 50.0 Å². The predicted octanol–water partition coefficient (Wildman–Crippen LogP) is 7.52. The van der Waals surface area contributed by atoms with Crippen LogP contribution in [0.2, 0.25) is 0 Å². The van der Waals surface area contributed by atoms with E-state index in [1.54, 1.807) is 18.9 Å². The molecule has 3 aliphatic rings. The highest BCUT2D eigenvalue weighted by molar-refractivity contribution is 8.19. The molecule has 5 rings (SSSR count). The Bertz CT molecular complexity index is 1150. The number of amides is 1. The van der Waals surface area contributed by atoms with E-state index >= 15 is 0 Å². The van der Waals surface area contributed by atoms with Gasteiger partial charge in [0.1, 0.15) is 10.7 Å². The van der Waals surface area contributed by atoms with Crippen LogP contribution in [0.4, 0.5) is 11.4 Å². The average molecular weight is 508 g/mol. The van der Waals surface area contributed by atoms with Crippen LogP contribution in [-0.4, -0.2) is 36.7 Å². The highest BCUT2D eigenvalue weighted by Gasteiger charge is 2.39. The highest BCUT2D eigenvalue weighted by Crippen LogP contribution is 2.51. The second-order valence-electron chi connectivity index (χ2n) is 9.36. The van der Waals surface area contributed by atoms with Crippen LogP contribution < -0.4 is 9.64 Å². The average Bonchev–Trinajstić information content (AvgIpc) is 3.38. The van der Waals surface area contributed by atoms with Crippen molar-refractivity contribution in [2.75, 3.05) is 25.6 Å². The molecule has 1 aliphatic carbocycles. The summed E-state index contributed by atoms with van der Waals surface area (Å²) in [6.45, 7) is 2.84. The number of amidine groups is 1. The Morgan fingerprint density at radius 2 is 1.83 bits per heavy atom. The monoisotopic (exact) mass is 507 g/mol.